The van der Waals surface area contributed by atoms with Crippen LogP contribution >= 0.6 is 0 Å². The average Bonchev–Trinajstić information content (AvgIpc) is 1.72. The molecule has 10 amide bonds. The number of cyclic esters (lactones) is 4. The lowest BCUT2D eigenvalue weighted by Gasteiger charge is -2.36. The van der Waals surface area contributed by atoms with Crippen molar-refractivity contribution in [2.75, 3.05) is 41.6 Å². The molecule has 33 heteroatoms. The zero-order valence-electron chi connectivity index (χ0n) is 79.8. The molecular weight excluding hydrogens is 1860 g/mol. The van der Waals surface area contributed by atoms with Gasteiger partial charge in [0.1, 0.15) is 32.2 Å². The summed E-state index contributed by atoms with van der Waals surface area (Å²) in [5, 5.41) is 10.9. The highest BCUT2D eigenvalue weighted by Crippen LogP contribution is 2.38. The van der Waals surface area contributed by atoms with Crippen molar-refractivity contribution in [3.8, 4) is 5.75 Å². The Labute approximate surface area is 827 Å². The highest BCUT2D eigenvalue weighted by molar-refractivity contribution is 7.93. The SMILES string of the molecule is CC(C)(C)[Si](C)(C)Oc1ccc(/C=C/C(=O)N2C(=O)CC[C@@H]2Cc2ccccc2)cc1.CC(C)[C@H]1COC(=O)N1C(=O)/C=C/C1CCCC1.Nc1ccc(/C=C/C(=O)N2C(=O)OC[C@@H]2Cc2ccccc2)cc1.O=C(/C=C/c1ccc(NS(=O)(=O)c2ccc([N+](=O)[O-])cc2)cc1)N1C(=O)OC[C@@H]1Cc1ccccc1.O=C(/C=C/c1ccc(NS(=O)(=O)c2ccccc2)cc1)N1C(=O)OC[C@@H]1Cc1ccccc1. The van der Waals surface area contributed by atoms with Gasteiger partial charge in [0.25, 0.3) is 55.3 Å². The number of hydrogen-bond acceptors (Lipinski definition) is 22. The summed E-state index contributed by atoms with van der Waals surface area (Å²) in [6, 6.07) is 77.8. The van der Waals surface area contributed by atoms with Gasteiger partial charge in [0, 0.05) is 66.0 Å². The first-order valence-electron chi connectivity index (χ1n) is 46.6. The number of benzene rings is 10. The van der Waals surface area contributed by atoms with E-state index in [0.29, 0.717) is 73.6 Å². The number of carbonyl (C=O) groups is 10. The van der Waals surface area contributed by atoms with Crippen molar-refractivity contribution in [3.63, 3.8) is 0 Å². The fraction of sp³-hybridized carbons (Fsp3) is 0.266. The molecule has 6 fully saturated rings. The summed E-state index contributed by atoms with van der Waals surface area (Å²) >= 11 is 0. The van der Waals surface area contributed by atoms with Gasteiger partial charge in [-0.15, -0.1) is 0 Å². The van der Waals surface area contributed by atoms with Crippen LogP contribution in [0.25, 0.3) is 24.3 Å². The normalized spacial score (nSPS) is 17.6. The summed E-state index contributed by atoms with van der Waals surface area (Å²) in [7, 11) is -9.51. The number of amides is 10. The number of nitrogens with two attached hydrogens (primary N) is 1. The van der Waals surface area contributed by atoms with Crippen molar-refractivity contribution in [1.82, 2.24) is 24.5 Å². The minimum atomic E-state index is -3.95. The standard InChI is InChI=1S/C26H33NO3Si.C25H21N3O7S.C25H22N2O5S.C19H18N2O3.C14H21NO3/c1-26(2,3)31(4,5)30-23-15-11-20(12-16-23)13-17-24(28)27-22(14-18-25(27)29)19-21-9-7-6-8-10-21;29-24(27-22(17-35-25(27)30)16-19-4-2-1-3-5-19)15-8-18-6-9-20(10-7-18)26-36(33,34)23-13-11-21(12-14-23)28(31)32;28-24(27-22(18-32-25(27)29)17-20-7-3-1-4-8-20)16-13-19-11-14-21(15-12-19)26-33(30,31)23-9-5-2-6-10-23;20-16-9-6-14(7-10-16)8-11-18(22)21-17(13-24-19(21)23)12-15-4-2-1-3-5-15;1-10(2)12-9-18-14(17)15(12)13(16)8-7-11-5-3-4-6-11/h6-13,15-17,22H,14,18-19H2,1-5H3;1-15,22,26H,16-17H2;1-16,22,26H,17-18H2;1-11,17H,12-13,20H2;7-8,10-12H,3-6,9H2,1-2H3/b17-13+;15-8+;16-13+;11-8+;8-7+/t3*22-;17-;12-/m10001/s1. The van der Waals surface area contributed by atoms with Gasteiger partial charge in [0.15, 0.2) is 0 Å². The molecule has 10 aromatic carbocycles. The smallest absolute Gasteiger partial charge is 0.417 e. The topological polar surface area (TPSA) is 395 Å². The Morgan fingerprint density at radius 3 is 1.12 bits per heavy atom. The van der Waals surface area contributed by atoms with Crippen LogP contribution in [0.3, 0.4) is 0 Å². The van der Waals surface area contributed by atoms with Crippen LogP contribution in [0.5, 0.6) is 5.75 Å². The zero-order valence-corrected chi connectivity index (χ0v) is 82.5. The third-order valence-electron chi connectivity index (χ3n) is 24.6. The van der Waals surface area contributed by atoms with E-state index >= 15 is 0 Å². The van der Waals surface area contributed by atoms with E-state index < -0.39 is 75.5 Å². The number of ether oxygens (including phenoxy) is 4. The first-order valence-corrected chi connectivity index (χ1v) is 52.4. The second kappa shape index (κ2) is 49.4. The summed E-state index contributed by atoms with van der Waals surface area (Å²) in [5.74, 6) is -0.344. The van der Waals surface area contributed by atoms with Crippen LogP contribution in [0.4, 0.5) is 41.9 Å². The maximum atomic E-state index is 12.8. The Kier molecular flexibility index (Phi) is 36.7. The zero-order chi connectivity index (χ0) is 102. The number of nitrogens with zero attached hydrogens (tertiary/aromatic N) is 6. The molecule has 30 nitrogen and oxygen atoms in total. The van der Waals surface area contributed by atoms with Gasteiger partial charge in [-0.3, -0.25) is 53.2 Å². The molecule has 5 saturated heterocycles. The van der Waals surface area contributed by atoms with Gasteiger partial charge >= 0.3 is 24.4 Å². The van der Waals surface area contributed by atoms with E-state index in [1.807, 2.05) is 178 Å². The van der Waals surface area contributed by atoms with Crippen LogP contribution in [0.15, 0.2) is 319 Å². The summed E-state index contributed by atoms with van der Waals surface area (Å²) in [5.41, 5.74) is 14.0. The number of sulfonamides is 2. The van der Waals surface area contributed by atoms with Crippen LogP contribution in [-0.2, 0) is 93.4 Å². The lowest BCUT2D eigenvalue weighted by molar-refractivity contribution is -0.384. The number of imide groups is 5. The van der Waals surface area contributed by atoms with Gasteiger partial charge in [0.2, 0.25) is 14.2 Å². The molecule has 5 aliphatic heterocycles. The predicted molar refractivity (Wildman–Crippen MR) is 545 cm³/mol. The highest BCUT2D eigenvalue weighted by atomic mass is 32.2. The molecular formula is C109H115N9O21S2Si. The third kappa shape index (κ3) is 30.0. The highest BCUT2D eigenvalue weighted by Gasteiger charge is 2.43. The van der Waals surface area contributed by atoms with E-state index in [2.05, 4.69) is 43.3 Å². The van der Waals surface area contributed by atoms with E-state index in [1.54, 1.807) is 91.0 Å². The summed E-state index contributed by atoms with van der Waals surface area (Å²) in [6.07, 6.45) is 21.3. The second-order valence-corrected chi connectivity index (χ2v) is 44.4. The lowest BCUT2D eigenvalue weighted by atomic mass is 10.0. The van der Waals surface area contributed by atoms with Crippen molar-refractivity contribution in [3.05, 3.63) is 364 Å². The largest absolute Gasteiger partial charge is 0.544 e. The van der Waals surface area contributed by atoms with Crippen molar-refractivity contribution >= 4 is 135 Å². The van der Waals surface area contributed by atoms with E-state index in [-0.39, 0.29) is 99.7 Å². The Hall–Kier alpha value is -15.5. The molecule has 1 saturated carbocycles. The van der Waals surface area contributed by atoms with E-state index in [0.717, 1.165) is 86.0 Å². The van der Waals surface area contributed by atoms with Crippen molar-refractivity contribution in [1.29, 1.82) is 0 Å². The molecule has 1 aliphatic carbocycles. The number of non-ortho nitro benzene ring substituents is 1. The molecule has 10 aromatic rings. The van der Waals surface area contributed by atoms with Gasteiger partial charge in [-0.1, -0.05) is 242 Å². The number of likely N-dealkylation sites (tertiary alicyclic amines) is 1. The van der Waals surface area contributed by atoms with E-state index in [9.17, 15) is 74.9 Å². The minimum absolute atomic E-state index is 0.0765. The van der Waals surface area contributed by atoms with Crippen molar-refractivity contribution < 1.29 is 93.1 Å². The molecule has 0 unspecified atom stereocenters. The van der Waals surface area contributed by atoms with Gasteiger partial charge in [-0.05, 0) is 223 Å². The number of hydrogen-bond donors (Lipinski definition) is 3. The Morgan fingerprint density at radius 1 is 0.430 bits per heavy atom. The number of anilines is 3. The Bertz CT molecular complexity index is 6470. The number of rotatable bonds is 28. The molecule has 0 radical (unpaired) electrons. The number of carbonyl (C=O) groups excluding carboxylic acids is 10. The molecule has 0 aromatic heterocycles. The monoisotopic (exact) mass is 1980 g/mol. The van der Waals surface area contributed by atoms with Crippen LogP contribution in [0.1, 0.15) is 118 Å². The third-order valence-corrected chi connectivity index (χ3v) is 31.8. The lowest BCUT2D eigenvalue weighted by Crippen LogP contribution is -2.43. The average molecular weight is 1980 g/mol. The van der Waals surface area contributed by atoms with Gasteiger partial charge in [-0.2, -0.15) is 0 Å². The fourth-order valence-electron chi connectivity index (χ4n) is 15.8. The van der Waals surface area contributed by atoms with E-state index in [1.165, 1.54) is 82.2 Å². The maximum Gasteiger partial charge on any atom is 0.417 e. The number of nitrogen functional groups attached to an aromatic ring is 1. The van der Waals surface area contributed by atoms with Gasteiger partial charge < -0.3 is 29.1 Å². The van der Waals surface area contributed by atoms with Gasteiger partial charge in [-0.25, -0.2) is 55.6 Å². The van der Waals surface area contributed by atoms with Crippen LogP contribution in [0.2, 0.25) is 18.1 Å². The number of nitro groups is 1. The first-order chi connectivity index (χ1) is 67.9. The number of nitro benzene ring substituents is 1. The molecule has 4 N–H and O–H groups in total. The molecule has 738 valence electrons. The molecule has 142 heavy (non-hydrogen) atoms. The molecule has 6 aliphatic rings. The van der Waals surface area contributed by atoms with Crippen LogP contribution < -0.4 is 19.6 Å². The second-order valence-electron chi connectivity index (χ2n) is 36.3. The number of allylic oxidation sites excluding steroid dienone is 1. The minimum Gasteiger partial charge on any atom is -0.544 e. The van der Waals surface area contributed by atoms with Crippen LogP contribution in [-0.4, -0.2) is 171 Å². The Balaban J connectivity index is 0.000000161. The molecule has 0 bridgehead atoms. The van der Waals surface area contributed by atoms with Gasteiger partial charge in [0.05, 0.1) is 38.9 Å². The molecule has 5 heterocycles. The quantitative estimate of drug-likeness (QED) is 0.0102. The van der Waals surface area contributed by atoms with Crippen molar-refractivity contribution in [2.45, 2.75) is 157 Å². The van der Waals surface area contributed by atoms with E-state index in [4.69, 9.17) is 29.1 Å². The van der Waals surface area contributed by atoms with Crippen molar-refractivity contribution in [2.24, 2.45) is 11.8 Å². The summed E-state index contributed by atoms with van der Waals surface area (Å²) < 4.78 is 81.3. The van der Waals surface area contributed by atoms with Crippen LogP contribution in [0, 0.1) is 22.0 Å². The fourth-order valence-corrected chi connectivity index (χ4v) is 19.0. The molecule has 0 spiro atoms. The summed E-state index contributed by atoms with van der Waals surface area (Å²) in [6.45, 7) is 15.9. The molecule has 5 atom stereocenters. The maximum absolute atomic E-state index is 12.8. The predicted octanol–water partition coefficient (Wildman–Crippen LogP) is 19.5. The summed E-state index contributed by atoms with van der Waals surface area (Å²) in [4.78, 5) is 139. The Morgan fingerprint density at radius 2 is 0.754 bits per heavy atom. The molecule has 16 rings (SSSR count). The number of nitrogens with one attached hydrogen (secondary N) is 2. The first kappa shape index (κ1) is 105.